The Morgan fingerprint density at radius 1 is 1.08 bits per heavy atom. The first-order chi connectivity index (χ1) is 12.6. The second kappa shape index (κ2) is 8.41. The smallest absolute Gasteiger partial charge is 0.331 e. The quantitative estimate of drug-likeness (QED) is 0.458. The van der Waals surface area contributed by atoms with Crippen molar-refractivity contribution in [3.8, 4) is 0 Å². The topological polar surface area (TPSA) is 39.2 Å². The van der Waals surface area contributed by atoms with Crippen molar-refractivity contribution in [3.05, 3.63) is 107 Å². The van der Waals surface area contributed by atoms with Gasteiger partial charge in [0, 0.05) is 22.9 Å². The van der Waals surface area contributed by atoms with E-state index < -0.39 is 17.9 Å². The Bertz CT molecular complexity index is 911. The zero-order valence-corrected chi connectivity index (χ0v) is 14.4. The van der Waals surface area contributed by atoms with E-state index in [9.17, 15) is 9.18 Å². The first-order valence-electron chi connectivity index (χ1n) is 7.92. The number of benzene rings is 2. The number of carbonyl (C=O) groups is 1. The van der Waals surface area contributed by atoms with Crippen LogP contribution in [0.2, 0.25) is 5.02 Å². The standard InChI is InChI=1S/C21H15ClFNO2/c22-17-10-7-15(8-11-17)9-12-20(25)26-21(19-6-1-2-13-24-19)16-4-3-5-18(23)14-16/h1-14,21H/b12-9+. The highest BCUT2D eigenvalue weighted by molar-refractivity contribution is 6.30. The van der Waals surface area contributed by atoms with Crippen molar-refractivity contribution in [3.63, 3.8) is 0 Å². The third kappa shape index (κ3) is 4.77. The molecule has 0 aliphatic heterocycles. The summed E-state index contributed by atoms with van der Waals surface area (Å²) < 4.78 is 19.1. The molecule has 2 aromatic carbocycles. The molecule has 0 radical (unpaired) electrons. The van der Waals surface area contributed by atoms with E-state index in [4.69, 9.17) is 16.3 Å². The summed E-state index contributed by atoms with van der Waals surface area (Å²) in [6.45, 7) is 0. The number of carbonyl (C=O) groups excluding carboxylic acids is 1. The first kappa shape index (κ1) is 17.8. The molecule has 0 saturated carbocycles. The normalized spacial score (nSPS) is 12.1. The van der Waals surface area contributed by atoms with E-state index in [-0.39, 0.29) is 0 Å². The molecule has 1 atom stereocenters. The number of hydrogen-bond donors (Lipinski definition) is 0. The largest absolute Gasteiger partial charge is 0.448 e. The van der Waals surface area contributed by atoms with E-state index in [1.54, 1.807) is 66.9 Å². The molecule has 0 N–H and O–H groups in total. The van der Waals surface area contributed by atoms with Crippen molar-refractivity contribution in [1.29, 1.82) is 0 Å². The lowest BCUT2D eigenvalue weighted by Crippen LogP contribution is -2.12. The van der Waals surface area contributed by atoms with Crippen molar-refractivity contribution in [2.45, 2.75) is 6.10 Å². The number of ether oxygens (including phenoxy) is 1. The van der Waals surface area contributed by atoms with Crippen molar-refractivity contribution >= 4 is 23.6 Å². The first-order valence-corrected chi connectivity index (χ1v) is 8.30. The number of aromatic nitrogens is 1. The van der Waals surface area contributed by atoms with Crippen molar-refractivity contribution in [1.82, 2.24) is 4.98 Å². The summed E-state index contributed by atoms with van der Waals surface area (Å²) in [5.74, 6) is -0.962. The molecule has 1 heterocycles. The lowest BCUT2D eigenvalue weighted by molar-refractivity contribution is -0.141. The van der Waals surface area contributed by atoms with Gasteiger partial charge in [0.1, 0.15) is 5.82 Å². The molecule has 3 nitrogen and oxygen atoms in total. The Labute approximate surface area is 155 Å². The van der Waals surface area contributed by atoms with E-state index in [2.05, 4.69) is 4.98 Å². The van der Waals surface area contributed by atoms with Crippen molar-refractivity contribution in [2.24, 2.45) is 0 Å². The fraction of sp³-hybridized carbons (Fsp3) is 0.0476. The lowest BCUT2D eigenvalue weighted by Gasteiger charge is -2.17. The van der Waals surface area contributed by atoms with Crippen LogP contribution >= 0.6 is 11.6 Å². The minimum atomic E-state index is -0.797. The van der Waals surface area contributed by atoms with Crippen LogP contribution in [0.15, 0.2) is 79.0 Å². The van der Waals surface area contributed by atoms with Gasteiger partial charge in [-0.05, 0) is 48.0 Å². The average Bonchev–Trinajstić information content (AvgIpc) is 2.66. The molecule has 0 bridgehead atoms. The number of nitrogens with zero attached hydrogens (tertiary/aromatic N) is 1. The summed E-state index contributed by atoms with van der Waals surface area (Å²) in [5.41, 5.74) is 1.84. The molecule has 0 spiro atoms. The molecule has 26 heavy (non-hydrogen) atoms. The Kier molecular flexibility index (Phi) is 5.77. The average molecular weight is 368 g/mol. The predicted molar refractivity (Wildman–Crippen MR) is 99.1 cm³/mol. The van der Waals surface area contributed by atoms with Gasteiger partial charge in [-0.2, -0.15) is 0 Å². The summed E-state index contributed by atoms with van der Waals surface area (Å²) in [5, 5.41) is 0.617. The molecule has 0 aliphatic rings. The van der Waals surface area contributed by atoms with Gasteiger partial charge in [0.05, 0.1) is 5.69 Å². The number of esters is 1. The fourth-order valence-corrected chi connectivity index (χ4v) is 2.52. The molecular weight excluding hydrogens is 353 g/mol. The van der Waals surface area contributed by atoms with Crippen LogP contribution in [0.25, 0.3) is 6.08 Å². The number of hydrogen-bond acceptors (Lipinski definition) is 3. The fourth-order valence-electron chi connectivity index (χ4n) is 2.39. The zero-order chi connectivity index (χ0) is 18.4. The highest BCUT2D eigenvalue weighted by atomic mass is 35.5. The van der Waals surface area contributed by atoms with Crippen LogP contribution in [-0.2, 0) is 9.53 Å². The maximum Gasteiger partial charge on any atom is 0.331 e. The molecule has 3 rings (SSSR count). The Hall–Kier alpha value is -2.98. The number of halogens is 2. The number of pyridine rings is 1. The van der Waals surface area contributed by atoms with E-state index in [1.807, 2.05) is 0 Å². The van der Waals surface area contributed by atoms with Crippen LogP contribution in [0.3, 0.4) is 0 Å². The molecule has 0 saturated heterocycles. The van der Waals surface area contributed by atoms with Gasteiger partial charge < -0.3 is 4.74 Å². The van der Waals surface area contributed by atoms with Crippen LogP contribution in [0.1, 0.15) is 22.9 Å². The van der Waals surface area contributed by atoms with Crippen LogP contribution in [0, 0.1) is 5.82 Å². The SMILES string of the molecule is O=C(/C=C/c1ccc(Cl)cc1)OC(c1cccc(F)c1)c1ccccn1. The summed E-state index contributed by atoms with van der Waals surface area (Å²) in [4.78, 5) is 16.5. The van der Waals surface area contributed by atoms with Crippen LogP contribution in [0.4, 0.5) is 4.39 Å². The molecule has 5 heteroatoms. The third-order valence-electron chi connectivity index (χ3n) is 3.62. The number of rotatable bonds is 5. The highest BCUT2D eigenvalue weighted by Gasteiger charge is 2.19. The van der Waals surface area contributed by atoms with Gasteiger partial charge in [-0.1, -0.05) is 41.9 Å². The minimum absolute atomic E-state index is 0.406. The summed E-state index contributed by atoms with van der Waals surface area (Å²) in [7, 11) is 0. The highest BCUT2D eigenvalue weighted by Crippen LogP contribution is 2.25. The van der Waals surface area contributed by atoms with Crippen molar-refractivity contribution in [2.75, 3.05) is 0 Å². The summed E-state index contributed by atoms with van der Waals surface area (Å²) in [6, 6.07) is 18.2. The maximum absolute atomic E-state index is 13.6. The van der Waals surface area contributed by atoms with E-state index in [1.165, 1.54) is 18.2 Å². The van der Waals surface area contributed by atoms with Crippen molar-refractivity contribution < 1.29 is 13.9 Å². The second-order valence-electron chi connectivity index (χ2n) is 5.51. The van der Waals surface area contributed by atoms with Gasteiger partial charge in [0.15, 0.2) is 6.10 Å². The Morgan fingerprint density at radius 3 is 2.58 bits per heavy atom. The van der Waals surface area contributed by atoms with Crippen LogP contribution < -0.4 is 0 Å². The van der Waals surface area contributed by atoms with Gasteiger partial charge in [0.2, 0.25) is 0 Å². The molecule has 1 aromatic heterocycles. The zero-order valence-electron chi connectivity index (χ0n) is 13.7. The monoisotopic (exact) mass is 367 g/mol. The molecule has 3 aromatic rings. The molecular formula is C21H15ClFNO2. The second-order valence-corrected chi connectivity index (χ2v) is 5.95. The predicted octanol–water partition coefficient (Wildman–Crippen LogP) is 5.22. The van der Waals surface area contributed by atoms with Gasteiger partial charge >= 0.3 is 5.97 Å². The summed E-state index contributed by atoms with van der Waals surface area (Å²) in [6.07, 6.45) is 3.74. The van der Waals surface area contributed by atoms with Gasteiger partial charge in [-0.15, -0.1) is 0 Å². The minimum Gasteiger partial charge on any atom is -0.448 e. The molecule has 1 unspecified atom stereocenters. The van der Waals surface area contributed by atoms with Crippen LogP contribution in [0.5, 0.6) is 0 Å². The summed E-state index contributed by atoms with van der Waals surface area (Å²) >= 11 is 5.84. The van der Waals surface area contributed by atoms with E-state index in [0.29, 0.717) is 16.3 Å². The van der Waals surface area contributed by atoms with E-state index >= 15 is 0 Å². The maximum atomic E-state index is 13.6. The lowest BCUT2D eigenvalue weighted by atomic mass is 10.1. The van der Waals surface area contributed by atoms with Crippen LogP contribution in [-0.4, -0.2) is 11.0 Å². The third-order valence-corrected chi connectivity index (χ3v) is 3.88. The van der Waals surface area contributed by atoms with Gasteiger partial charge in [0.25, 0.3) is 0 Å². The molecule has 0 fully saturated rings. The van der Waals surface area contributed by atoms with Gasteiger partial charge in [-0.25, -0.2) is 9.18 Å². The van der Waals surface area contributed by atoms with Gasteiger partial charge in [-0.3, -0.25) is 4.98 Å². The molecule has 0 aliphatic carbocycles. The molecule has 0 amide bonds. The molecule has 130 valence electrons. The Balaban J connectivity index is 1.81. The Morgan fingerprint density at radius 2 is 1.88 bits per heavy atom. The van der Waals surface area contributed by atoms with E-state index in [0.717, 1.165) is 5.56 Å².